The number of nitrogens with one attached hydrogen (secondary N) is 2. The molecule has 176 valence electrons. The van der Waals surface area contributed by atoms with E-state index in [1.807, 2.05) is 88.4 Å². The van der Waals surface area contributed by atoms with Crippen LogP contribution in [0.3, 0.4) is 0 Å². The number of nitrogens with zero attached hydrogens (tertiary/aromatic N) is 2. The Bertz CT molecular complexity index is 1670. The van der Waals surface area contributed by atoms with Crippen molar-refractivity contribution in [1.82, 2.24) is 14.5 Å². The monoisotopic (exact) mass is 482 g/mol. The van der Waals surface area contributed by atoms with Gasteiger partial charge in [0, 0.05) is 16.6 Å². The minimum Gasteiger partial charge on any atom is -0.349 e. The maximum atomic E-state index is 13.8. The molecular formula is C28H26N4O2S. The van der Waals surface area contributed by atoms with Crippen LogP contribution in [0.15, 0.2) is 70.6 Å². The van der Waals surface area contributed by atoms with Crippen molar-refractivity contribution >= 4 is 45.3 Å². The van der Waals surface area contributed by atoms with Crippen LogP contribution in [0, 0.1) is 27.7 Å². The van der Waals surface area contributed by atoms with Crippen LogP contribution >= 0.6 is 11.8 Å². The Kier molecular flexibility index (Phi) is 5.94. The van der Waals surface area contributed by atoms with Crippen molar-refractivity contribution in [2.24, 2.45) is 0 Å². The molecule has 0 bridgehead atoms. The van der Waals surface area contributed by atoms with Crippen molar-refractivity contribution in [3.8, 4) is 5.69 Å². The second-order valence-corrected chi connectivity index (χ2v) is 9.82. The van der Waals surface area contributed by atoms with Gasteiger partial charge in [-0.2, -0.15) is 0 Å². The lowest BCUT2D eigenvalue weighted by Crippen LogP contribution is -2.23. The number of aromatic amines is 1. The maximum Gasteiger partial charge on any atom is 0.283 e. The van der Waals surface area contributed by atoms with E-state index in [1.54, 1.807) is 4.57 Å². The van der Waals surface area contributed by atoms with Crippen LogP contribution in [0.2, 0.25) is 0 Å². The summed E-state index contributed by atoms with van der Waals surface area (Å²) in [6, 6.07) is 19.6. The number of hydrogen-bond acceptors (Lipinski definition) is 4. The number of aromatic nitrogens is 3. The van der Waals surface area contributed by atoms with Gasteiger partial charge in [-0.05, 0) is 62.6 Å². The highest BCUT2D eigenvalue weighted by molar-refractivity contribution is 7.99. The summed E-state index contributed by atoms with van der Waals surface area (Å²) in [4.78, 5) is 34.8. The number of para-hydroxylation sites is 1. The molecule has 0 aliphatic carbocycles. The lowest BCUT2D eigenvalue weighted by atomic mass is 10.1. The third-order valence-electron chi connectivity index (χ3n) is 6.09. The molecule has 0 unspecified atom stereocenters. The summed E-state index contributed by atoms with van der Waals surface area (Å²) in [7, 11) is 0. The molecule has 0 saturated carbocycles. The average Bonchev–Trinajstić information content (AvgIpc) is 3.20. The first-order chi connectivity index (χ1) is 16.8. The van der Waals surface area contributed by atoms with Gasteiger partial charge in [0.05, 0.1) is 11.4 Å². The summed E-state index contributed by atoms with van der Waals surface area (Å²) in [6.45, 7) is 7.96. The topological polar surface area (TPSA) is 79.8 Å². The number of hydrogen-bond donors (Lipinski definition) is 2. The van der Waals surface area contributed by atoms with Gasteiger partial charge in [-0.3, -0.25) is 14.2 Å². The molecule has 2 aromatic heterocycles. The Labute approximate surface area is 207 Å². The molecule has 2 heterocycles. The first-order valence-corrected chi connectivity index (χ1v) is 12.4. The molecule has 0 aliphatic heterocycles. The fourth-order valence-corrected chi connectivity index (χ4v) is 5.08. The first-order valence-electron chi connectivity index (χ1n) is 11.4. The molecule has 5 aromatic rings. The van der Waals surface area contributed by atoms with Gasteiger partial charge >= 0.3 is 0 Å². The molecule has 0 aliphatic rings. The van der Waals surface area contributed by atoms with Gasteiger partial charge < -0.3 is 10.3 Å². The number of amides is 1. The Hall–Kier alpha value is -3.84. The van der Waals surface area contributed by atoms with Crippen molar-refractivity contribution in [2.45, 2.75) is 32.9 Å². The third-order valence-corrected chi connectivity index (χ3v) is 7.03. The Morgan fingerprint density at radius 2 is 1.71 bits per heavy atom. The molecule has 3 aromatic carbocycles. The molecule has 0 spiro atoms. The predicted molar refractivity (Wildman–Crippen MR) is 144 cm³/mol. The number of carbonyl (C=O) groups is 1. The van der Waals surface area contributed by atoms with Gasteiger partial charge in [-0.25, -0.2) is 4.98 Å². The van der Waals surface area contributed by atoms with Crippen LogP contribution in [-0.4, -0.2) is 26.2 Å². The van der Waals surface area contributed by atoms with E-state index in [9.17, 15) is 9.59 Å². The van der Waals surface area contributed by atoms with Gasteiger partial charge in [-0.15, -0.1) is 0 Å². The standard InChI is InChI=1S/C28H26N4O2S/c1-16-10-12-21(19(4)13-16)29-24(33)15-35-28-31-25-20-7-5-6-8-22(20)30-26(25)27(34)32(28)23-14-17(2)9-11-18(23)3/h5-14,30H,15H2,1-4H3,(H,29,33). The molecule has 0 atom stereocenters. The van der Waals surface area contributed by atoms with Crippen LogP contribution < -0.4 is 10.9 Å². The molecular weight excluding hydrogens is 456 g/mol. The average molecular weight is 483 g/mol. The van der Waals surface area contributed by atoms with Crippen LogP contribution in [0.1, 0.15) is 22.3 Å². The third kappa shape index (κ3) is 4.35. The molecule has 0 saturated heterocycles. The quantitative estimate of drug-likeness (QED) is 0.244. The number of thioether (sulfide) groups is 1. The van der Waals surface area contributed by atoms with E-state index in [4.69, 9.17) is 4.98 Å². The minimum atomic E-state index is -0.183. The summed E-state index contributed by atoms with van der Waals surface area (Å²) >= 11 is 1.26. The van der Waals surface area contributed by atoms with Gasteiger partial charge in [0.1, 0.15) is 11.0 Å². The van der Waals surface area contributed by atoms with E-state index >= 15 is 0 Å². The van der Waals surface area contributed by atoms with Gasteiger partial charge in [-0.1, -0.05) is 59.8 Å². The maximum absolute atomic E-state index is 13.8. The number of H-pyrrole nitrogens is 1. The van der Waals surface area contributed by atoms with Crippen LogP contribution in [0.25, 0.3) is 27.6 Å². The van der Waals surface area contributed by atoms with E-state index in [2.05, 4.69) is 10.3 Å². The Morgan fingerprint density at radius 3 is 2.51 bits per heavy atom. The summed E-state index contributed by atoms with van der Waals surface area (Å²) in [5.74, 6) is -0.0267. The second-order valence-electron chi connectivity index (χ2n) is 8.87. The zero-order valence-electron chi connectivity index (χ0n) is 20.1. The van der Waals surface area contributed by atoms with E-state index < -0.39 is 0 Å². The van der Waals surface area contributed by atoms with Crippen molar-refractivity contribution in [2.75, 3.05) is 11.1 Å². The highest BCUT2D eigenvalue weighted by Gasteiger charge is 2.19. The molecule has 0 radical (unpaired) electrons. The van der Waals surface area contributed by atoms with Crippen LogP contribution in [-0.2, 0) is 4.79 Å². The normalized spacial score (nSPS) is 11.3. The molecule has 7 heteroatoms. The first kappa shape index (κ1) is 22.9. The van der Waals surface area contributed by atoms with Crippen molar-refractivity contribution in [1.29, 1.82) is 0 Å². The number of carbonyl (C=O) groups excluding carboxylic acids is 1. The predicted octanol–water partition coefficient (Wildman–Crippen LogP) is 5.83. The number of aryl methyl sites for hydroxylation is 4. The second kappa shape index (κ2) is 9.07. The lowest BCUT2D eigenvalue weighted by molar-refractivity contribution is -0.113. The van der Waals surface area contributed by atoms with Crippen molar-refractivity contribution < 1.29 is 4.79 Å². The van der Waals surface area contributed by atoms with Crippen molar-refractivity contribution in [3.05, 3.63) is 93.3 Å². The fourth-order valence-electron chi connectivity index (χ4n) is 4.28. The van der Waals surface area contributed by atoms with Gasteiger partial charge in [0.25, 0.3) is 5.56 Å². The molecule has 5 rings (SSSR count). The zero-order chi connectivity index (χ0) is 24.7. The molecule has 1 amide bonds. The lowest BCUT2D eigenvalue weighted by Gasteiger charge is -2.15. The van der Waals surface area contributed by atoms with Crippen LogP contribution in [0.5, 0.6) is 0 Å². The number of anilines is 1. The van der Waals surface area contributed by atoms with E-state index in [1.165, 1.54) is 11.8 Å². The van der Waals surface area contributed by atoms with E-state index in [0.29, 0.717) is 16.2 Å². The smallest absolute Gasteiger partial charge is 0.283 e. The molecule has 0 fully saturated rings. The highest BCUT2D eigenvalue weighted by atomic mass is 32.2. The number of rotatable bonds is 5. The van der Waals surface area contributed by atoms with Crippen LogP contribution in [0.4, 0.5) is 5.69 Å². The largest absolute Gasteiger partial charge is 0.349 e. The minimum absolute atomic E-state index is 0.123. The molecule has 2 N–H and O–H groups in total. The summed E-state index contributed by atoms with van der Waals surface area (Å²) < 4.78 is 1.62. The number of fused-ring (bicyclic) bond motifs is 3. The summed E-state index contributed by atoms with van der Waals surface area (Å²) in [6.07, 6.45) is 0. The summed E-state index contributed by atoms with van der Waals surface area (Å²) in [5, 5.41) is 4.35. The van der Waals surface area contributed by atoms with Gasteiger partial charge in [0.2, 0.25) is 5.91 Å². The molecule has 6 nitrogen and oxygen atoms in total. The number of benzene rings is 3. The van der Waals surface area contributed by atoms with E-state index in [-0.39, 0.29) is 17.2 Å². The Balaban J connectivity index is 1.58. The highest BCUT2D eigenvalue weighted by Crippen LogP contribution is 2.28. The Morgan fingerprint density at radius 1 is 0.971 bits per heavy atom. The fraction of sp³-hybridized carbons (Fsp3) is 0.179. The SMILES string of the molecule is Cc1ccc(NC(=O)CSc2nc3c([nH]c4ccccc43)c(=O)n2-c2cc(C)ccc2C)c(C)c1. The van der Waals surface area contributed by atoms with E-state index in [0.717, 1.165) is 44.5 Å². The molecule has 35 heavy (non-hydrogen) atoms. The van der Waals surface area contributed by atoms with Gasteiger partial charge in [0.15, 0.2) is 5.16 Å². The summed E-state index contributed by atoms with van der Waals surface area (Å²) in [5.41, 5.74) is 7.44. The zero-order valence-corrected chi connectivity index (χ0v) is 20.9. The van der Waals surface area contributed by atoms with Crippen molar-refractivity contribution in [3.63, 3.8) is 0 Å².